The van der Waals surface area contributed by atoms with Crippen LogP contribution >= 0.6 is 11.5 Å². The van der Waals surface area contributed by atoms with Crippen LogP contribution in [0.1, 0.15) is 31.7 Å². The van der Waals surface area contributed by atoms with Gasteiger partial charge in [0.1, 0.15) is 5.76 Å². The van der Waals surface area contributed by atoms with Crippen molar-refractivity contribution >= 4 is 38.4 Å². The highest BCUT2D eigenvalue weighted by molar-refractivity contribution is 7.13. The molecule has 1 fully saturated rings. The second-order valence-corrected chi connectivity index (χ2v) is 9.15. The number of rotatable bonds is 4. The second-order valence-electron chi connectivity index (χ2n) is 8.35. The lowest BCUT2D eigenvalue weighted by atomic mass is 9.93. The maximum Gasteiger partial charge on any atom is 0.177 e. The molecule has 0 spiro atoms. The average Bonchev–Trinajstić information content (AvgIpc) is 3.57. The van der Waals surface area contributed by atoms with Gasteiger partial charge in [0, 0.05) is 53.1 Å². The van der Waals surface area contributed by atoms with E-state index in [0.717, 1.165) is 69.2 Å². The van der Waals surface area contributed by atoms with Crippen LogP contribution in [0.25, 0.3) is 43.5 Å². The molecule has 162 valence electrons. The molecule has 0 saturated heterocycles. The van der Waals surface area contributed by atoms with E-state index in [1.807, 2.05) is 36.4 Å². The summed E-state index contributed by atoms with van der Waals surface area (Å²) in [5.74, 6) is 1.51. The largest absolute Gasteiger partial charge is 0.452 e. The minimum atomic E-state index is -0.174. The fraction of sp³-hybridized carbons (Fsp3) is 0.292. The first-order valence-corrected chi connectivity index (χ1v) is 11.7. The van der Waals surface area contributed by atoms with Gasteiger partial charge in [0.25, 0.3) is 0 Å². The summed E-state index contributed by atoms with van der Waals surface area (Å²) in [6.45, 7) is 0. The van der Waals surface area contributed by atoms with E-state index >= 15 is 0 Å². The standard InChI is InChI=1S/C24H23N5O2S/c1-25-24-22-19(9-21(31-22)18-4-2-3-14-11-28-32-23(14)18)20(12-26-24)15-10-27-29(13-15)16-5-7-17(30)8-6-16/h2-4,9-13,16-17,30H,5-8H2,1H3,(H,25,26)/t16-,17-. The van der Waals surface area contributed by atoms with Crippen molar-refractivity contribution in [2.45, 2.75) is 37.8 Å². The molecule has 4 aromatic heterocycles. The normalized spacial score (nSPS) is 19.1. The molecular weight excluding hydrogens is 422 g/mol. The number of anilines is 1. The fourth-order valence-corrected chi connectivity index (χ4v) is 5.42. The van der Waals surface area contributed by atoms with E-state index < -0.39 is 0 Å². The molecule has 4 heterocycles. The molecular formula is C24H23N5O2S. The zero-order valence-electron chi connectivity index (χ0n) is 17.7. The molecule has 2 N–H and O–H groups in total. The van der Waals surface area contributed by atoms with Crippen LogP contribution in [-0.4, -0.2) is 37.4 Å². The quantitative estimate of drug-likeness (QED) is 0.380. The van der Waals surface area contributed by atoms with Gasteiger partial charge in [-0.2, -0.15) is 9.47 Å². The molecule has 0 atom stereocenters. The Morgan fingerprint density at radius 1 is 1.12 bits per heavy atom. The third kappa shape index (κ3) is 3.18. The van der Waals surface area contributed by atoms with Crippen LogP contribution in [0.5, 0.6) is 0 Å². The van der Waals surface area contributed by atoms with Crippen LogP contribution in [0, 0.1) is 0 Å². The zero-order valence-corrected chi connectivity index (χ0v) is 18.5. The van der Waals surface area contributed by atoms with Crippen LogP contribution in [0.15, 0.2) is 53.5 Å². The highest BCUT2D eigenvalue weighted by Crippen LogP contribution is 2.40. The van der Waals surface area contributed by atoms with Gasteiger partial charge in [-0.25, -0.2) is 4.98 Å². The molecule has 1 aliphatic carbocycles. The number of fused-ring (bicyclic) bond motifs is 2. The summed E-state index contributed by atoms with van der Waals surface area (Å²) in [5.41, 5.74) is 3.77. The Morgan fingerprint density at radius 2 is 2.00 bits per heavy atom. The summed E-state index contributed by atoms with van der Waals surface area (Å²) in [4.78, 5) is 4.61. The molecule has 6 rings (SSSR count). The summed E-state index contributed by atoms with van der Waals surface area (Å²) in [5, 5.41) is 19.7. The molecule has 0 radical (unpaired) electrons. The maximum atomic E-state index is 9.82. The van der Waals surface area contributed by atoms with Gasteiger partial charge in [0.05, 0.1) is 23.0 Å². The Hall–Kier alpha value is -3.23. The van der Waals surface area contributed by atoms with Crippen molar-refractivity contribution in [3.05, 3.63) is 49.1 Å². The Bertz CT molecular complexity index is 1410. The molecule has 32 heavy (non-hydrogen) atoms. The number of pyridine rings is 1. The third-order valence-electron chi connectivity index (χ3n) is 6.40. The molecule has 1 aromatic carbocycles. The number of nitrogens with zero attached hydrogens (tertiary/aromatic N) is 4. The Morgan fingerprint density at radius 3 is 2.84 bits per heavy atom. The van der Waals surface area contributed by atoms with E-state index in [1.54, 1.807) is 0 Å². The minimum Gasteiger partial charge on any atom is -0.452 e. The first-order valence-electron chi connectivity index (χ1n) is 10.9. The highest BCUT2D eigenvalue weighted by Gasteiger charge is 2.23. The molecule has 0 bridgehead atoms. The lowest BCUT2D eigenvalue weighted by molar-refractivity contribution is 0.108. The van der Waals surface area contributed by atoms with E-state index in [2.05, 4.69) is 44.2 Å². The number of hydrogen-bond donors (Lipinski definition) is 2. The Labute approximate surface area is 188 Å². The van der Waals surface area contributed by atoms with Gasteiger partial charge in [0.2, 0.25) is 0 Å². The minimum absolute atomic E-state index is 0.174. The molecule has 0 aliphatic heterocycles. The number of aliphatic hydroxyl groups excluding tert-OH is 1. The molecule has 0 amide bonds. The number of aromatic nitrogens is 4. The van der Waals surface area contributed by atoms with Crippen LogP contribution in [0.3, 0.4) is 0 Å². The number of nitrogens with one attached hydrogen (secondary N) is 1. The smallest absolute Gasteiger partial charge is 0.177 e. The predicted molar refractivity (Wildman–Crippen MR) is 127 cm³/mol. The monoisotopic (exact) mass is 445 g/mol. The van der Waals surface area contributed by atoms with E-state index in [-0.39, 0.29) is 6.10 Å². The van der Waals surface area contributed by atoms with Gasteiger partial charge < -0.3 is 14.8 Å². The Kier molecular flexibility index (Phi) is 4.69. The predicted octanol–water partition coefficient (Wildman–Crippen LogP) is 5.49. The van der Waals surface area contributed by atoms with Gasteiger partial charge in [-0.1, -0.05) is 12.1 Å². The van der Waals surface area contributed by atoms with Gasteiger partial charge in [-0.05, 0) is 49.3 Å². The van der Waals surface area contributed by atoms with Gasteiger partial charge in [-0.15, -0.1) is 0 Å². The number of furan rings is 1. The van der Waals surface area contributed by atoms with Crippen molar-refractivity contribution in [2.24, 2.45) is 0 Å². The number of benzene rings is 1. The highest BCUT2D eigenvalue weighted by atomic mass is 32.1. The van der Waals surface area contributed by atoms with Crippen LogP contribution in [0.2, 0.25) is 0 Å². The zero-order chi connectivity index (χ0) is 21.7. The summed E-state index contributed by atoms with van der Waals surface area (Å²) in [7, 11) is 1.85. The summed E-state index contributed by atoms with van der Waals surface area (Å²) in [6.07, 6.45) is 11.1. The molecule has 0 unspecified atom stereocenters. The molecule has 1 saturated carbocycles. The van der Waals surface area contributed by atoms with Crippen LogP contribution < -0.4 is 5.32 Å². The first-order chi connectivity index (χ1) is 15.7. The summed E-state index contributed by atoms with van der Waals surface area (Å²) < 4.78 is 13.8. The first kappa shape index (κ1) is 19.5. The van der Waals surface area contributed by atoms with Crippen molar-refractivity contribution in [1.29, 1.82) is 0 Å². The lowest BCUT2D eigenvalue weighted by Crippen LogP contribution is -2.21. The van der Waals surface area contributed by atoms with Crippen molar-refractivity contribution in [1.82, 2.24) is 19.1 Å². The van der Waals surface area contributed by atoms with Crippen molar-refractivity contribution in [2.75, 3.05) is 12.4 Å². The second kappa shape index (κ2) is 7.72. The molecule has 7 nitrogen and oxygen atoms in total. The maximum absolute atomic E-state index is 9.82. The topological polar surface area (TPSA) is 89.0 Å². The van der Waals surface area contributed by atoms with E-state index in [4.69, 9.17) is 4.42 Å². The number of hydrogen-bond acceptors (Lipinski definition) is 7. The van der Waals surface area contributed by atoms with E-state index in [0.29, 0.717) is 11.9 Å². The van der Waals surface area contributed by atoms with Crippen molar-refractivity contribution < 1.29 is 9.52 Å². The van der Waals surface area contributed by atoms with Crippen LogP contribution in [0.4, 0.5) is 5.82 Å². The van der Waals surface area contributed by atoms with Crippen molar-refractivity contribution in [3.63, 3.8) is 0 Å². The van der Waals surface area contributed by atoms with Crippen molar-refractivity contribution in [3.8, 4) is 22.5 Å². The SMILES string of the molecule is CNc1ncc(-c2cnn([C@H]3CC[C@H](O)CC3)c2)c2cc(-c3cccc4cnsc34)oc12. The lowest BCUT2D eigenvalue weighted by Gasteiger charge is -2.25. The van der Waals surface area contributed by atoms with Gasteiger partial charge in [0.15, 0.2) is 11.4 Å². The summed E-state index contributed by atoms with van der Waals surface area (Å²) in [6, 6.07) is 8.59. The number of aliphatic hydroxyl groups is 1. The van der Waals surface area contributed by atoms with Gasteiger partial charge >= 0.3 is 0 Å². The average molecular weight is 446 g/mol. The van der Waals surface area contributed by atoms with Crippen LogP contribution in [-0.2, 0) is 0 Å². The molecule has 8 heteroatoms. The van der Waals surface area contributed by atoms with Gasteiger partial charge in [-0.3, -0.25) is 4.68 Å². The van der Waals surface area contributed by atoms with E-state index in [9.17, 15) is 5.11 Å². The fourth-order valence-electron chi connectivity index (χ4n) is 4.65. The molecule has 5 aromatic rings. The third-order valence-corrected chi connectivity index (χ3v) is 7.25. The van der Waals surface area contributed by atoms with E-state index in [1.165, 1.54) is 11.5 Å². The Balaban J connectivity index is 1.45. The summed E-state index contributed by atoms with van der Waals surface area (Å²) >= 11 is 1.48. The molecule has 1 aliphatic rings.